The van der Waals surface area contributed by atoms with E-state index in [1.807, 2.05) is 24.4 Å². The fourth-order valence-electron chi connectivity index (χ4n) is 2.93. The second kappa shape index (κ2) is 7.75. The van der Waals surface area contributed by atoms with Crippen LogP contribution in [0.25, 0.3) is 0 Å². The Kier molecular flexibility index (Phi) is 5.24. The first-order chi connectivity index (χ1) is 11.7. The average Bonchev–Trinajstić information content (AvgIpc) is 2.64. The van der Waals surface area contributed by atoms with Crippen LogP contribution >= 0.6 is 0 Å². The number of pyridine rings is 2. The van der Waals surface area contributed by atoms with E-state index in [0.29, 0.717) is 11.6 Å². The van der Waals surface area contributed by atoms with Gasteiger partial charge in [0.25, 0.3) is 0 Å². The van der Waals surface area contributed by atoms with Crippen LogP contribution in [0.4, 0.5) is 11.6 Å². The van der Waals surface area contributed by atoms with Crippen LogP contribution in [0.15, 0.2) is 42.7 Å². The first kappa shape index (κ1) is 16.2. The first-order valence-corrected chi connectivity index (χ1v) is 8.25. The number of aromatic nitrogens is 2. The summed E-state index contributed by atoms with van der Waals surface area (Å²) in [5, 5.41) is 12.2. The van der Waals surface area contributed by atoms with Gasteiger partial charge in [-0.25, -0.2) is 9.97 Å². The summed E-state index contributed by atoms with van der Waals surface area (Å²) < 4.78 is 0. The van der Waals surface area contributed by atoms with Crippen LogP contribution in [0.1, 0.15) is 12.5 Å². The van der Waals surface area contributed by atoms with E-state index >= 15 is 0 Å². The molecule has 124 valence electrons. The van der Waals surface area contributed by atoms with Crippen LogP contribution in [-0.4, -0.2) is 53.6 Å². The lowest BCUT2D eigenvalue weighted by molar-refractivity contribution is 0.250. The van der Waals surface area contributed by atoms with Crippen LogP contribution in [-0.2, 0) is 0 Å². The van der Waals surface area contributed by atoms with Gasteiger partial charge in [-0.2, -0.15) is 5.26 Å². The van der Waals surface area contributed by atoms with Gasteiger partial charge in [-0.1, -0.05) is 6.07 Å². The van der Waals surface area contributed by atoms with Gasteiger partial charge in [0, 0.05) is 51.2 Å². The van der Waals surface area contributed by atoms with Gasteiger partial charge >= 0.3 is 0 Å². The van der Waals surface area contributed by atoms with Crippen molar-refractivity contribution in [3.05, 3.63) is 48.3 Å². The van der Waals surface area contributed by atoms with E-state index in [-0.39, 0.29) is 0 Å². The SMILES string of the molecule is CC(CN1CCN(c2ccccn2)CC1)Nc1ccc(C#N)cn1. The lowest BCUT2D eigenvalue weighted by Crippen LogP contribution is -2.49. The van der Waals surface area contributed by atoms with E-state index < -0.39 is 0 Å². The predicted octanol–water partition coefficient (Wildman–Crippen LogP) is 1.97. The Morgan fingerprint density at radius 2 is 2.00 bits per heavy atom. The van der Waals surface area contributed by atoms with Crippen molar-refractivity contribution in [1.29, 1.82) is 5.26 Å². The molecule has 1 atom stereocenters. The van der Waals surface area contributed by atoms with Gasteiger partial charge < -0.3 is 10.2 Å². The van der Waals surface area contributed by atoms with E-state index in [4.69, 9.17) is 5.26 Å². The molecular weight excluding hydrogens is 300 g/mol. The lowest BCUT2D eigenvalue weighted by Gasteiger charge is -2.36. The minimum absolute atomic E-state index is 0.298. The summed E-state index contributed by atoms with van der Waals surface area (Å²) in [7, 11) is 0. The summed E-state index contributed by atoms with van der Waals surface area (Å²) in [6.07, 6.45) is 3.44. The molecule has 1 N–H and O–H groups in total. The van der Waals surface area contributed by atoms with Crippen LogP contribution in [0.2, 0.25) is 0 Å². The molecule has 0 radical (unpaired) electrons. The van der Waals surface area contributed by atoms with Gasteiger partial charge in [0.1, 0.15) is 17.7 Å². The average molecular weight is 322 g/mol. The van der Waals surface area contributed by atoms with Gasteiger partial charge in [-0.05, 0) is 31.2 Å². The first-order valence-electron chi connectivity index (χ1n) is 8.25. The largest absolute Gasteiger partial charge is 0.366 e. The monoisotopic (exact) mass is 322 g/mol. The van der Waals surface area contributed by atoms with Crippen molar-refractivity contribution < 1.29 is 0 Å². The van der Waals surface area contributed by atoms with Crippen molar-refractivity contribution in [2.75, 3.05) is 42.9 Å². The Labute approximate surface area is 142 Å². The molecular formula is C18H22N6. The fourth-order valence-corrected chi connectivity index (χ4v) is 2.93. The zero-order valence-corrected chi connectivity index (χ0v) is 13.9. The molecule has 0 saturated carbocycles. The number of nitrogens with zero attached hydrogens (tertiary/aromatic N) is 5. The Morgan fingerprint density at radius 1 is 1.17 bits per heavy atom. The Balaban J connectivity index is 1.46. The normalized spacial score (nSPS) is 16.4. The topological polar surface area (TPSA) is 68.1 Å². The van der Waals surface area contributed by atoms with Crippen LogP contribution in [0.3, 0.4) is 0 Å². The number of hydrogen-bond acceptors (Lipinski definition) is 6. The summed E-state index contributed by atoms with van der Waals surface area (Å²) in [5.74, 6) is 1.87. The number of nitriles is 1. The summed E-state index contributed by atoms with van der Waals surface area (Å²) in [4.78, 5) is 13.5. The molecule has 0 amide bonds. The maximum absolute atomic E-state index is 8.80. The molecule has 3 rings (SSSR count). The molecule has 0 spiro atoms. The predicted molar refractivity (Wildman–Crippen MR) is 94.9 cm³/mol. The van der Waals surface area contributed by atoms with Crippen molar-refractivity contribution >= 4 is 11.6 Å². The van der Waals surface area contributed by atoms with Crippen molar-refractivity contribution in [2.45, 2.75) is 13.0 Å². The summed E-state index contributed by atoms with van der Waals surface area (Å²) in [6.45, 7) is 7.19. The van der Waals surface area contributed by atoms with E-state index in [1.54, 1.807) is 12.3 Å². The molecule has 1 aliphatic heterocycles. The van der Waals surface area contributed by atoms with Gasteiger partial charge in [0.15, 0.2) is 0 Å². The molecule has 0 bridgehead atoms. The lowest BCUT2D eigenvalue weighted by atomic mass is 10.2. The molecule has 2 aromatic heterocycles. The second-order valence-electron chi connectivity index (χ2n) is 6.06. The van der Waals surface area contributed by atoms with Crippen LogP contribution in [0.5, 0.6) is 0 Å². The molecule has 24 heavy (non-hydrogen) atoms. The summed E-state index contributed by atoms with van der Waals surface area (Å²) in [6, 6.07) is 12.1. The van der Waals surface area contributed by atoms with Crippen molar-refractivity contribution in [3.63, 3.8) is 0 Å². The number of hydrogen-bond donors (Lipinski definition) is 1. The Hall–Kier alpha value is -2.65. The summed E-state index contributed by atoms with van der Waals surface area (Å²) in [5.41, 5.74) is 0.582. The molecule has 0 aromatic carbocycles. The highest BCUT2D eigenvalue weighted by atomic mass is 15.3. The number of piperazine rings is 1. The smallest absolute Gasteiger partial charge is 0.128 e. The third-order valence-electron chi connectivity index (χ3n) is 4.16. The fraction of sp³-hybridized carbons (Fsp3) is 0.389. The zero-order chi connectivity index (χ0) is 16.8. The maximum Gasteiger partial charge on any atom is 0.128 e. The molecule has 6 heteroatoms. The van der Waals surface area contributed by atoms with Gasteiger partial charge in [-0.3, -0.25) is 4.90 Å². The molecule has 0 aliphatic carbocycles. The second-order valence-corrected chi connectivity index (χ2v) is 6.06. The number of nitrogens with one attached hydrogen (secondary N) is 1. The Morgan fingerprint density at radius 3 is 2.62 bits per heavy atom. The molecule has 3 heterocycles. The number of rotatable bonds is 5. The van der Waals surface area contributed by atoms with E-state index in [9.17, 15) is 0 Å². The van der Waals surface area contributed by atoms with Crippen molar-refractivity contribution in [1.82, 2.24) is 14.9 Å². The van der Waals surface area contributed by atoms with Crippen LogP contribution in [0, 0.1) is 11.3 Å². The highest BCUT2D eigenvalue weighted by Crippen LogP contribution is 2.13. The molecule has 1 aliphatic rings. The van der Waals surface area contributed by atoms with Gasteiger partial charge in [0.2, 0.25) is 0 Å². The Bertz CT molecular complexity index is 671. The zero-order valence-electron chi connectivity index (χ0n) is 13.9. The van der Waals surface area contributed by atoms with E-state index in [2.05, 4.69) is 44.1 Å². The maximum atomic E-state index is 8.80. The molecule has 1 fully saturated rings. The van der Waals surface area contributed by atoms with E-state index in [1.165, 1.54) is 0 Å². The molecule has 2 aromatic rings. The minimum Gasteiger partial charge on any atom is -0.366 e. The summed E-state index contributed by atoms with van der Waals surface area (Å²) >= 11 is 0. The standard InChI is InChI=1S/C18H22N6/c1-15(22-17-6-5-16(12-19)13-21-17)14-23-8-10-24(11-9-23)18-4-2-3-7-20-18/h2-7,13,15H,8-11,14H2,1H3,(H,21,22). The number of anilines is 2. The highest BCUT2D eigenvalue weighted by Gasteiger charge is 2.19. The van der Waals surface area contributed by atoms with Crippen molar-refractivity contribution in [3.8, 4) is 6.07 Å². The quantitative estimate of drug-likeness (QED) is 0.908. The highest BCUT2D eigenvalue weighted by molar-refractivity contribution is 5.40. The molecule has 6 nitrogen and oxygen atoms in total. The van der Waals surface area contributed by atoms with Crippen LogP contribution < -0.4 is 10.2 Å². The van der Waals surface area contributed by atoms with Gasteiger partial charge in [0.05, 0.1) is 5.56 Å². The van der Waals surface area contributed by atoms with Crippen molar-refractivity contribution in [2.24, 2.45) is 0 Å². The van der Waals surface area contributed by atoms with E-state index in [0.717, 1.165) is 44.4 Å². The third-order valence-corrected chi connectivity index (χ3v) is 4.16. The molecule has 1 saturated heterocycles. The minimum atomic E-state index is 0.298. The third kappa shape index (κ3) is 4.21. The molecule has 1 unspecified atom stereocenters. The van der Waals surface area contributed by atoms with Gasteiger partial charge in [-0.15, -0.1) is 0 Å².